The van der Waals surface area contributed by atoms with Gasteiger partial charge in [0.1, 0.15) is 0 Å². The third-order valence-electron chi connectivity index (χ3n) is 3.77. The zero-order valence-electron chi connectivity index (χ0n) is 11.5. The predicted octanol–water partition coefficient (Wildman–Crippen LogP) is 3.82. The molecular weight excluding hydrogens is 304 g/mol. The lowest BCUT2D eigenvalue weighted by atomic mass is 10.1. The molecule has 0 aromatic heterocycles. The summed E-state index contributed by atoms with van der Waals surface area (Å²) in [5, 5.41) is 0.411. The summed E-state index contributed by atoms with van der Waals surface area (Å²) in [7, 11) is -1.32. The molecule has 0 bridgehead atoms. The summed E-state index contributed by atoms with van der Waals surface area (Å²) in [6, 6.07) is 12.8. The Morgan fingerprint density at radius 3 is 2.67 bits per heavy atom. The van der Waals surface area contributed by atoms with Gasteiger partial charge in [0.25, 0.3) is 0 Å². The fourth-order valence-corrected chi connectivity index (χ4v) is 3.95. The molecule has 4 heteroatoms. The van der Waals surface area contributed by atoms with E-state index in [0.29, 0.717) is 10.6 Å². The van der Waals surface area contributed by atoms with E-state index in [4.69, 9.17) is 11.6 Å². The van der Waals surface area contributed by atoms with E-state index in [1.807, 2.05) is 18.2 Å². The molecule has 108 valence electrons. The summed E-state index contributed by atoms with van der Waals surface area (Å²) >= 11 is 6.01. The first-order valence-corrected chi connectivity index (χ1v) is 8.63. The SMILES string of the molecule is O=C(CS(=O)c1ccc2c(c1)CCC2)c1ccccc1Cl. The molecule has 0 fully saturated rings. The van der Waals surface area contributed by atoms with Crippen molar-refractivity contribution in [3.8, 4) is 0 Å². The van der Waals surface area contributed by atoms with Gasteiger partial charge in [0.15, 0.2) is 5.78 Å². The molecule has 0 spiro atoms. The number of carbonyl (C=O) groups excluding carboxylic acids is 1. The molecule has 1 unspecified atom stereocenters. The Bertz CT molecular complexity index is 724. The van der Waals surface area contributed by atoms with E-state index in [1.165, 1.54) is 11.1 Å². The van der Waals surface area contributed by atoms with Gasteiger partial charge in [0.2, 0.25) is 0 Å². The van der Waals surface area contributed by atoms with Crippen molar-refractivity contribution in [1.82, 2.24) is 0 Å². The van der Waals surface area contributed by atoms with E-state index >= 15 is 0 Å². The van der Waals surface area contributed by atoms with E-state index in [1.54, 1.807) is 24.3 Å². The standard InChI is InChI=1S/C17H15ClO2S/c18-16-7-2-1-6-15(16)17(19)11-21(20)14-9-8-12-4-3-5-13(12)10-14/h1-2,6-10H,3-5,11H2. The molecule has 21 heavy (non-hydrogen) atoms. The summed E-state index contributed by atoms with van der Waals surface area (Å²) in [5.74, 6) is -0.206. The van der Waals surface area contributed by atoms with Gasteiger partial charge >= 0.3 is 0 Å². The van der Waals surface area contributed by atoms with Crippen molar-refractivity contribution in [2.45, 2.75) is 24.2 Å². The highest BCUT2D eigenvalue weighted by Gasteiger charge is 2.17. The monoisotopic (exact) mass is 318 g/mol. The van der Waals surface area contributed by atoms with Gasteiger partial charge in [-0.3, -0.25) is 9.00 Å². The van der Waals surface area contributed by atoms with Crippen LogP contribution in [0.3, 0.4) is 0 Å². The molecule has 3 rings (SSSR count). The Morgan fingerprint density at radius 1 is 1.10 bits per heavy atom. The van der Waals surface area contributed by atoms with Crippen LogP contribution in [0.1, 0.15) is 27.9 Å². The highest BCUT2D eigenvalue weighted by Crippen LogP contribution is 2.24. The van der Waals surface area contributed by atoms with Crippen LogP contribution in [-0.2, 0) is 23.6 Å². The number of Topliss-reactive ketones (excluding diaryl/α,β-unsaturated/α-hetero) is 1. The van der Waals surface area contributed by atoms with Gasteiger partial charge in [0.05, 0.1) is 21.6 Å². The molecule has 0 amide bonds. The van der Waals surface area contributed by atoms with Gasteiger partial charge in [-0.1, -0.05) is 29.8 Å². The number of ketones is 1. The number of benzene rings is 2. The highest BCUT2D eigenvalue weighted by atomic mass is 35.5. The van der Waals surface area contributed by atoms with Crippen LogP contribution >= 0.6 is 11.6 Å². The first-order valence-electron chi connectivity index (χ1n) is 6.93. The van der Waals surface area contributed by atoms with Crippen molar-refractivity contribution in [2.24, 2.45) is 0 Å². The maximum Gasteiger partial charge on any atom is 0.177 e. The van der Waals surface area contributed by atoms with Gasteiger partial charge in [-0.05, 0) is 54.7 Å². The van der Waals surface area contributed by atoms with Gasteiger partial charge in [-0.25, -0.2) is 0 Å². The summed E-state index contributed by atoms with van der Waals surface area (Å²) in [6.45, 7) is 0. The topological polar surface area (TPSA) is 34.1 Å². The quantitative estimate of drug-likeness (QED) is 0.803. The molecule has 2 aromatic carbocycles. The number of hydrogen-bond acceptors (Lipinski definition) is 2. The Morgan fingerprint density at radius 2 is 1.86 bits per heavy atom. The van der Waals surface area contributed by atoms with Gasteiger partial charge < -0.3 is 0 Å². The number of hydrogen-bond donors (Lipinski definition) is 0. The lowest BCUT2D eigenvalue weighted by Crippen LogP contribution is -2.11. The Hall–Kier alpha value is -1.45. The molecule has 2 nitrogen and oxygen atoms in total. The molecule has 0 radical (unpaired) electrons. The van der Waals surface area contributed by atoms with Crippen molar-refractivity contribution >= 4 is 28.2 Å². The predicted molar refractivity (Wildman–Crippen MR) is 85.5 cm³/mol. The number of halogens is 1. The number of aryl methyl sites for hydroxylation is 2. The summed E-state index contributed by atoms with van der Waals surface area (Å²) in [5.41, 5.74) is 3.05. The van der Waals surface area contributed by atoms with Crippen molar-refractivity contribution in [2.75, 3.05) is 5.75 Å². The van der Waals surface area contributed by atoms with E-state index in [-0.39, 0.29) is 11.5 Å². The molecule has 0 saturated heterocycles. The van der Waals surface area contributed by atoms with E-state index in [2.05, 4.69) is 0 Å². The Kier molecular flexibility index (Phi) is 4.22. The van der Waals surface area contributed by atoms with E-state index in [0.717, 1.165) is 24.2 Å². The van der Waals surface area contributed by atoms with Crippen LogP contribution in [0.4, 0.5) is 0 Å². The van der Waals surface area contributed by atoms with Gasteiger partial charge in [0, 0.05) is 10.5 Å². The fraction of sp³-hybridized carbons (Fsp3) is 0.235. The second-order valence-corrected chi connectivity index (χ2v) is 7.04. The number of fused-ring (bicyclic) bond motifs is 1. The smallest absolute Gasteiger partial charge is 0.177 e. The van der Waals surface area contributed by atoms with Crippen molar-refractivity contribution in [1.29, 1.82) is 0 Å². The first kappa shape index (κ1) is 14.5. The average molecular weight is 319 g/mol. The summed E-state index contributed by atoms with van der Waals surface area (Å²) < 4.78 is 12.4. The third-order valence-corrected chi connectivity index (χ3v) is 5.40. The van der Waals surface area contributed by atoms with Crippen molar-refractivity contribution in [3.05, 3.63) is 64.2 Å². The molecule has 2 aromatic rings. The Labute approximate surface area is 131 Å². The minimum absolute atomic E-state index is 0.0253. The normalized spacial score (nSPS) is 14.7. The van der Waals surface area contributed by atoms with E-state index in [9.17, 15) is 9.00 Å². The minimum Gasteiger partial charge on any atom is -0.293 e. The molecule has 1 aliphatic rings. The van der Waals surface area contributed by atoms with Crippen LogP contribution in [0.15, 0.2) is 47.4 Å². The maximum absolute atomic E-state index is 12.4. The van der Waals surface area contributed by atoms with Crippen LogP contribution in [0.2, 0.25) is 5.02 Å². The zero-order valence-corrected chi connectivity index (χ0v) is 13.0. The highest BCUT2D eigenvalue weighted by molar-refractivity contribution is 7.85. The van der Waals surface area contributed by atoms with Crippen LogP contribution in [0.25, 0.3) is 0 Å². The van der Waals surface area contributed by atoms with Crippen LogP contribution < -0.4 is 0 Å². The lowest BCUT2D eigenvalue weighted by Gasteiger charge is -2.06. The zero-order chi connectivity index (χ0) is 14.8. The molecule has 0 saturated carbocycles. The Balaban J connectivity index is 1.77. The molecular formula is C17H15ClO2S. The van der Waals surface area contributed by atoms with Crippen molar-refractivity contribution in [3.63, 3.8) is 0 Å². The number of carbonyl (C=O) groups is 1. The molecule has 1 aliphatic carbocycles. The summed E-state index contributed by atoms with van der Waals surface area (Å²) in [4.78, 5) is 12.9. The number of rotatable bonds is 4. The van der Waals surface area contributed by atoms with Crippen LogP contribution in [0, 0.1) is 0 Å². The lowest BCUT2D eigenvalue weighted by molar-refractivity contribution is 0.102. The van der Waals surface area contributed by atoms with Crippen LogP contribution in [0.5, 0.6) is 0 Å². The van der Waals surface area contributed by atoms with Gasteiger partial charge in [-0.2, -0.15) is 0 Å². The van der Waals surface area contributed by atoms with Crippen LogP contribution in [-0.4, -0.2) is 15.7 Å². The van der Waals surface area contributed by atoms with Gasteiger partial charge in [-0.15, -0.1) is 0 Å². The summed E-state index contributed by atoms with van der Waals surface area (Å²) in [6.07, 6.45) is 3.30. The second kappa shape index (κ2) is 6.12. The second-order valence-electron chi connectivity index (χ2n) is 5.18. The third kappa shape index (κ3) is 3.09. The molecule has 0 heterocycles. The fourth-order valence-electron chi connectivity index (χ4n) is 2.66. The first-order chi connectivity index (χ1) is 10.1. The molecule has 1 atom stereocenters. The van der Waals surface area contributed by atoms with E-state index < -0.39 is 10.8 Å². The van der Waals surface area contributed by atoms with Crippen molar-refractivity contribution < 1.29 is 9.00 Å². The average Bonchev–Trinajstić information content (AvgIpc) is 2.94. The largest absolute Gasteiger partial charge is 0.293 e. The molecule has 0 N–H and O–H groups in total. The minimum atomic E-state index is -1.32. The molecule has 0 aliphatic heterocycles. The maximum atomic E-state index is 12.4.